The van der Waals surface area contributed by atoms with Crippen LogP contribution >= 0.6 is 0 Å². The van der Waals surface area contributed by atoms with E-state index in [4.69, 9.17) is 4.74 Å². The van der Waals surface area contributed by atoms with Crippen LogP contribution in [-0.4, -0.2) is 51.0 Å². The fourth-order valence-corrected chi connectivity index (χ4v) is 5.36. The van der Waals surface area contributed by atoms with E-state index >= 15 is 0 Å². The van der Waals surface area contributed by atoms with Gasteiger partial charge in [0, 0.05) is 30.1 Å². The minimum atomic E-state index is -3.25. The van der Waals surface area contributed by atoms with E-state index in [1.807, 2.05) is 26.8 Å². The molecule has 4 rings (SSSR count). The van der Waals surface area contributed by atoms with Crippen LogP contribution in [0.5, 0.6) is 5.88 Å². The lowest BCUT2D eigenvalue weighted by Crippen LogP contribution is -2.35. The number of hydrogen-bond acceptors (Lipinski definition) is 9. The van der Waals surface area contributed by atoms with Gasteiger partial charge in [0.2, 0.25) is 5.88 Å². The van der Waals surface area contributed by atoms with Crippen LogP contribution in [0.2, 0.25) is 0 Å². The van der Waals surface area contributed by atoms with E-state index in [-0.39, 0.29) is 29.0 Å². The summed E-state index contributed by atoms with van der Waals surface area (Å²) in [6.45, 7) is 6.13. The Labute approximate surface area is 205 Å². The second-order valence-corrected chi connectivity index (χ2v) is 11.1. The fraction of sp³-hybridized carbons (Fsp3) is 0.440. The molecule has 0 spiro atoms. The summed E-state index contributed by atoms with van der Waals surface area (Å²) in [4.78, 5) is 35.1. The molecule has 35 heavy (non-hydrogen) atoms. The van der Waals surface area contributed by atoms with Gasteiger partial charge in [0.05, 0.1) is 41.1 Å². The predicted octanol–water partition coefficient (Wildman–Crippen LogP) is 3.28. The largest absolute Gasteiger partial charge is 0.477 e. The van der Waals surface area contributed by atoms with Crippen LogP contribution in [0, 0.1) is 0 Å². The quantitative estimate of drug-likeness (QED) is 0.394. The number of carbonyl (C=O) groups excluding carboxylic acids is 1. The van der Waals surface area contributed by atoms with Gasteiger partial charge in [-0.05, 0) is 51.3 Å². The third kappa shape index (κ3) is 5.70. The number of ether oxygens (including phenoxy) is 1. The van der Waals surface area contributed by atoms with Crippen LogP contribution in [0.1, 0.15) is 57.2 Å². The summed E-state index contributed by atoms with van der Waals surface area (Å²) in [5.74, 6) is 0.431. The molecule has 3 heterocycles. The molecule has 1 unspecified atom stereocenters. The number of Topliss-reactive ketones (excluding diaryl/α,β-unsaturated/α-hetero) is 1. The number of hydrogen-bond donors (Lipinski definition) is 0. The Morgan fingerprint density at radius 2 is 1.89 bits per heavy atom. The van der Waals surface area contributed by atoms with E-state index in [1.54, 1.807) is 30.7 Å². The third-order valence-electron chi connectivity index (χ3n) is 6.32. The second-order valence-electron chi connectivity index (χ2n) is 8.86. The van der Waals surface area contributed by atoms with Crippen LogP contribution < -0.4 is 4.74 Å². The molecular weight excluding hydrogens is 466 g/mol. The van der Waals surface area contributed by atoms with Crippen LogP contribution in [0.15, 0.2) is 43.0 Å². The molecule has 184 valence electrons. The molecule has 0 N–H and O–H groups in total. The number of sulfone groups is 1. The third-order valence-corrected chi connectivity index (χ3v) is 8.47. The summed E-state index contributed by atoms with van der Waals surface area (Å²) in [6.07, 6.45) is 8.41. The number of aromatic nitrogens is 5. The van der Waals surface area contributed by atoms with Crippen LogP contribution in [-0.2, 0) is 32.2 Å². The zero-order valence-corrected chi connectivity index (χ0v) is 21.0. The number of nitrogens with zero attached hydrogens (tertiary/aromatic N) is 5. The first-order valence-electron chi connectivity index (χ1n) is 11.7. The maximum Gasteiger partial charge on any atom is 0.232 e. The van der Waals surface area contributed by atoms with Crippen molar-refractivity contribution in [3.63, 3.8) is 0 Å². The van der Waals surface area contributed by atoms with Gasteiger partial charge in [0.1, 0.15) is 11.6 Å². The van der Waals surface area contributed by atoms with Crippen LogP contribution in [0.25, 0.3) is 11.3 Å². The molecule has 3 aromatic rings. The van der Waals surface area contributed by atoms with Crippen molar-refractivity contribution in [3.8, 4) is 17.1 Å². The van der Waals surface area contributed by atoms with Gasteiger partial charge < -0.3 is 4.74 Å². The van der Waals surface area contributed by atoms with Gasteiger partial charge >= 0.3 is 0 Å². The lowest BCUT2D eigenvalue weighted by Gasteiger charge is -2.26. The summed E-state index contributed by atoms with van der Waals surface area (Å²) in [7, 11) is -3.25. The van der Waals surface area contributed by atoms with Crippen molar-refractivity contribution in [1.29, 1.82) is 0 Å². The van der Waals surface area contributed by atoms with Gasteiger partial charge in [-0.15, -0.1) is 0 Å². The standard InChI is InChI=1S/C25H29N5O4S/c1-4-25(3,21-10-11-27-23(30-21)16-35(32,33)19-8-9-19)22(31)12-18-7-6-17(13-28-18)20-14-26-15-24(29-20)34-5-2/h6-7,10-11,13-15,19H,4-5,8-9,12,16H2,1-3H3. The van der Waals surface area contributed by atoms with Crippen molar-refractivity contribution in [3.05, 3.63) is 60.2 Å². The SMILES string of the molecule is CCOc1cncc(-c2ccc(CC(=O)C(C)(CC)c3ccnc(CS(=O)(=O)C4CC4)n3)nc2)n1. The highest BCUT2D eigenvalue weighted by molar-refractivity contribution is 7.91. The van der Waals surface area contributed by atoms with Gasteiger partial charge in [-0.2, -0.15) is 0 Å². The average Bonchev–Trinajstić information content (AvgIpc) is 3.71. The van der Waals surface area contributed by atoms with Crippen molar-refractivity contribution in [2.75, 3.05) is 6.61 Å². The highest BCUT2D eigenvalue weighted by atomic mass is 32.2. The summed E-state index contributed by atoms with van der Waals surface area (Å²) < 4.78 is 30.2. The van der Waals surface area contributed by atoms with Crippen LogP contribution in [0.4, 0.5) is 0 Å². The Morgan fingerprint density at radius 3 is 2.54 bits per heavy atom. The first-order valence-corrected chi connectivity index (χ1v) is 13.4. The number of ketones is 1. The van der Waals surface area contributed by atoms with Gasteiger partial charge in [0.25, 0.3) is 0 Å². The molecule has 0 amide bonds. The zero-order chi connectivity index (χ0) is 25.1. The van der Waals surface area contributed by atoms with E-state index in [0.717, 1.165) is 5.56 Å². The van der Waals surface area contributed by atoms with Crippen molar-refractivity contribution < 1.29 is 17.9 Å². The molecular formula is C25H29N5O4S. The monoisotopic (exact) mass is 495 g/mol. The summed E-state index contributed by atoms with van der Waals surface area (Å²) in [6, 6.07) is 5.34. The van der Waals surface area contributed by atoms with E-state index in [1.165, 1.54) is 6.20 Å². The molecule has 1 fully saturated rings. The van der Waals surface area contributed by atoms with E-state index in [2.05, 4.69) is 24.9 Å². The molecule has 0 bridgehead atoms. The first kappa shape index (κ1) is 24.8. The molecule has 1 aliphatic carbocycles. The molecule has 10 heteroatoms. The average molecular weight is 496 g/mol. The molecule has 1 saturated carbocycles. The fourth-order valence-electron chi connectivity index (χ4n) is 3.77. The van der Waals surface area contributed by atoms with Crippen molar-refractivity contribution in [1.82, 2.24) is 24.9 Å². The lowest BCUT2D eigenvalue weighted by molar-refractivity contribution is -0.123. The van der Waals surface area contributed by atoms with Gasteiger partial charge in [-0.25, -0.2) is 23.4 Å². The van der Waals surface area contributed by atoms with Crippen LogP contribution in [0.3, 0.4) is 0 Å². The Balaban J connectivity index is 1.50. The van der Waals surface area contributed by atoms with Gasteiger partial charge in [-0.3, -0.25) is 14.8 Å². The normalized spacial score (nSPS) is 15.4. The number of pyridine rings is 1. The minimum absolute atomic E-state index is 0.0481. The Morgan fingerprint density at radius 1 is 1.09 bits per heavy atom. The molecule has 1 atom stereocenters. The van der Waals surface area contributed by atoms with Gasteiger partial charge in [-0.1, -0.05) is 6.92 Å². The maximum absolute atomic E-state index is 13.4. The molecule has 1 aliphatic rings. The molecule has 0 aliphatic heterocycles. The highest BCUT2D eigenvalue weighted by Gasteiger charge is 2.38. The topological polar surface area (TPSA) is 125 Å². The van der Waals surface area contributed by atoms with Crippen molar-refractivity contribution in [2.45, 2.75) is 62.9 Å². The summed E-state index contributed by atoms with van der Waals surface area (Å²) in [5, 5.41) is -0.282. The zero-order valence-electron chi connectivity index (χ0n) is 20.1. The Bertz CT molecular complexity index is 1310. The Kier molecular flexibility index (Phi) is 7.20. The lowest BCUT2D eigenvalue weighted by atomic mass is 9.78. The molecule has 0 aromatic carbocycles. The van der Waals surface area contributed by atoms with Crippen molar-refractivity contribution >= 4 is 15.6 Å². The molecule has 0 saturated heterocycles. The molecule has 0 radical (unpaired) electrons. The molecule has 9 nitrogen and oxygen atoms in total. The summed E-state index contributed by atoms with van der Waals surface area (Å²) in [5.41, 5.74) is 1.66. The van der Waals surface area contributed by atoms with Crippen molar-refractivity contribution in [2.24, 2.45) is 0 Å². The minimum Gasteiger partial charge on any atom is -0.477 e. The second kappa shape index (κ2) is 10.2. The van der Waals surface area contributed by atoms with E-state index in [9.17, 15) is 13.2 Å². The number of carbonyl (C=O) groups is 1. The number of rotatable bonds is 11. The smallest absolute Gasteiger partial charge is 0.232 e. The highest BCUT2D eigenvalue weighted by Crippen LogP contribution is 2.32. The first-order chi connectivity index (χ1) is 16.7. The van der Waals surface area contributed by atoms with Gasteiger partial charge in [0.15, 0.2) is 15.6 Å². The Hall–Kier alpha value is -3.27. The summed E-state index contributed by atoms with van der Waals surface area (Å²) >= 11 is 0. The predicted molar refractivity (Wildman–Crippen MR) is 130 cm³/mol. The molecule has 3 aromatic heterocycles. The maximum atomic E-state index is 13.4. The van der Waals surface area contributed by atoms with E-state index < -0.39 is 15.3 Å². The van der Waals surface area contributed by atoms with E-state index in [0.29, 0.717) is 48.8 Å².